The van der Waals surface area contributed by atoms with Crippen LogP contribution in [0.1, 0.15) is 42.2 Å². The molecule has 1 unspecified atom stereocenters. The Kier molecular flexibility index (Phi) is 4.66. The van der Waals surface area contributed by atoms with E-state index in [1.807, 2.05) is 24.8 Å². The zero-order chi connectivity index (χ0) is 14.9. The van der Waals surface area contributed by atoms with Crippen LogP contribution < -0.4 is 0 Å². The summed E-state index contributed by atoms with van der Waals surface area (Å²) in [5.41, 5.74) is 1.51. The molecule has 1 aromatic rings. The van der Waals surface area contributed by atoms with Gasteiger partial charge in [-0.3, -0.25) is 4.79 Å². The Morgan fingerprint density at radius 3 is 2.70 bits per heavy atom. The Morgan fingerprint density at radius 1 is 1.45 bits per heavy atom. The van der Waals surface area contributed by atoms with Crippen molar-refractivity contribution in [3.8, 4) is 0 Å². The Balaban J connectivity index is 2.18. The zero-order valence-electron chi connectivity index (χ0n) is 12.6. The van der Waals surface area contributed by atoms with Crippen molar-refractivity contribution in [2.75, 3.05) is 27.2 Å². The largest absolute Gasteiger partial charge is 0.337 e. The van der Waals surface area contributed by atoms with Gasteiger partial charge in [-0.2, -0.15) is 0 Å². The van der Waals surface area contributed by atoms with Crippen LogP contribution in [0.25, 0.3) is 0 Å². The first-order valence-electron chi connectivity index (χ1n) is 7.01. The molecule has 1 aliphatic heterocycles. The fourth-order valence-electron chi connectivity index (χ4n) is 2.47. The van der Waals surface area contributed by atoms with Gasteiger partial charge < -0.3 is 9.80 Å². The average molecular weight is 296 g/mol. The molecule has 1 aliphatic rings. The summed E-state index contributed by atoms with van der Waals surface area (Å²) in [6, 6.07) is 3.97. The SMILES string of the molecule is CC(C)c1cc(C(=O)N2CCC(N(C)C)C2)cc(Cl)n1. The van der Waals surface area contributed by atoms with Gasteiger partial charge in [0, 0.05) is 30.4 Å². The van der Waals surface area contributed by atoms with Crippen LogP contribution >= 0.6 is 11.6 Å². The third-order valence-corrected chi connectivity index (χ3v) is 4.03. The predicted molar refractivity (Wildman–Crippen MR) is 81.3 cm³/mol. The van der Waals surface area contributed by atoms with Crippen molar-refractivity contribution in [3.05, 3.63) is 28.5 Å². The minimum Gasteiger partial charge on any atom is -0.337 e. The third kappa shape index (κ3) is 3.30. The normalized spacial score (nSPS) is 19.1. The van der Waals surface area contributed by atoms with E-state index in [1.54, 1.807) is 6.07 Å². The summed E-state index contributed by atoms with van der Waals surface area (Å²) in [6.45, 7) is 5.68. The molecule has 4 nitrogen and oxygen atoms in total. The lowest BCUT2D eigenvalue weighted by atomic mass is 10.1. The summed E-state index contributed by atoms with van der Waals surface area (Å²) in [7, 11) is 4.11. The number of halogens is 1. The first-order chi connectivity index (χ1) is 9.38. The summed E-state index contributed by atoms with van der Waals surface area (Å²) in [4.78, 5) is 20.9. The molecule has 20 heavy (non-hydrogen) atoms. The highest BCUT2D eigenvalue weighted by Crippen LogP contribution is 2.21. The van der Waals surface area contributed by atoms with E-state index in [-0.39, 0.29) is 11.8 Å². The molecule has 0 aliphatic carbocycles. The minimum atomic E-state index is 0.0561. The molecule has 1 fully saturated rings. The maximum Gasteiger partial charge on any atom is 0.254 e. The lowest BCUT2D eigenvalue weighted by molar-refractivity contribution is 0.0783. The van der Waals surface area contributed by atoms with Crippen LogP contribution in [0, 0.1) is 0 Å². The van der Waals surface area contributed by atoms with E-state index in [9.17, 15) is 4.79 Å². The van der Waals surface area contributed by atoms with Crippen LogP contribution in [0.2, 0.25) is 5.15 Å². The van der Waals surface area contributed by atoms with Gasteiger partial charge in [-0.05, 0) is 38.6 Å². The Bertz CT molecular complexity index is 502. The van der Waals surface area contributed by atoms with Crippen molar-refractivity contribution in [2.45, 2.75) is 32.2 Å². The number of aromatic nitrogens is 1. The van der Waals surface area contributed by atoms with Crippen LogP contribution in [0.4, 0.5) is 0 Å². The maximum atomic E-state index is 12.6. The topological polar surface area (TPSA) is 36.4 Å². The molecule has 0 radical (unpaired) electrons. The predicted octanol–water partition coefficient (Wildman–Crippen LogP) is 2.63. The highest BCUT2D eigenvalue weighted by Gasteiger charge is 2.28. The first kappa shape index (κ1) is 15.3. The number of hydrogen-bond donors (Lipinski definition) is 0. The van der Waals surface area contributed by atoms with Gasteiger partial charge in [0.1, 0.15) is 5.15 Å². The van der Waals surface area contributed by atoms with E-state index >= 15 is 0 Å². The summed E-state index contributed by atoms with van der Waals surface area (Å²) >= 11 is 6.03. The smallest absolute Gasteiger partial charge is 0.254 e. The number of carbonyl (C=O) groups is 1. The van der Waals surface area contributed by atoms with Crippen molar-refractivity contribution >= 4 is 17.5 Å². The molecule has 0 aromatic carbocycles. The Morgan fingerprint density at radius 2 is 2.15 bits per heavy atom. The van der Waals surface area contributed by atoms with Gasteiger partial charge in [0.25, 0.3) is 5.91 Å². The lowest BCUT2D eigenvalue weighted by Gasteiger charge is -2.20. The number of rotatable bonds is 3. The van der Waals surface area contributed by atoms with E-state index in [0.717, 1.165) is 25.2 Å². The van der Waals surface area contributed by atoms with Crippen LogP contribution in [-0.2, 0) is 0 Å². The molecule has 0 bridgehead atoms. The van der Waals surface area contributed by atoms with Crippen molar-refractivity contribution in [3.63, 3.8) is 0 Å². The van der Waals surface area contributed by atoms with E-state index in [4.69, 9.17) is 11.6 Å². The fourth-order valence-corrected chi connectivity index (χ4v) is 2.68. The van der Waals surface area contributed by atoms with Crippen molar-refractivity contribution < 1.29 is 4.79 Å². The van der Waals surface area contributed by atoms with Gasteiger partial charge in [0.2, 0.25) is 0 Å². The van der Waals surface area contributed by atoms with E-state index in [2.05, 4.69) is 24.0 Å². The average Bonchev–Trinajstić information content (AvgIpc) is 2.86. The van der Waals surface area contributed by atoms with Crippen molar-refractivity contribution in [1.82, 2.24) is 14.8 Å². The van der Waals surface area contributed by atoms with E-state index in [1.165, 1.54) is 0 Å². The van der Waals surface area contributed by atoms with Gasteiger partial charge in [0.15, 0.2) is 0 Å². The number of amides is 1. The van der Waals surface area contributed by atoms with Gasteiger partial charge in [-0.25, -0.2) is 4.98 Å². The molecule has 1 aromatic heterocycles. The molecule has 1 atom stereocenters. The monoisotopic (exact) mass is 295 g/mol. The molecule has 0 spiro atoms. The van der Waals surface area contributed by atoms with Gasteiger partial charge >= 0.3 is 0 Å². The molecule has 0 N–H and O–H groups in total. The summed E-state index contributed by atoms with van der Waals surface area (Å²) in [6.07, 6.45) is 1.02. The summed E-state index contributed by atoms with van der Waals surface area (Å²) < 4.78 is 0. The van der Waals surface area contributed by atoms with Crippen LogP contribution in [0.5, 0.6) is 0 Å². The molecule has 0 saturated carbocycles. The number of hydrogen-bond acceptors (Lipinski definition) is 3. The molecule has 2 heterocycles. The number of carbonyl (C=O) groups excluding carboxylic acids is 1. The molecule has 5 heteroatoms. The van der Waals surface area contributed by atoms with Crippen molar-refractivity contribution in [1.29, 1.82) is 0 Å². The highest BCUT2D eigenvalue weighted by molar-refractivity contribution is 6.29. The molecular weight excluding hydrogens is 274 g/mol. The minimum absolute atomic E-state index is 0.0561. The number of likely N-dealkylation sites (tertiary alicyclic amines) is 1. The fraction of sp³-hybridized carbons (Fsp3) is 0.600. The lowest BCUT2D eigenvalue weighted by Crippen LogP contribution is -2.34. The van der Waals surface area contributed by atoms with Crippen LogP contribution in [0.15, 0.2) is 12.1 Å². The quantitative estimate of drug-likeness (QED) is 0.804. The number of pyridine rings is 1. The van der Waals surface area contributed by atoms with Crippen molar-refractivity contribution in [2.24, 2.45) is 0 Å². The number of likely N-dealkylation sites (N-methyl/N-ethyl adjacent to an activating group) is 1. The Hall–Kier alpha value is -1.13. The van der Waals surface area contributed by atoms with Crippen LogP contribution in [-0.4, -0.2) is 53.9 Å². The molecule has 2 rings (SSSR count). The third-order valence-electron chi connectivity index (χ3n) is 3.83. The second-order valence-electron chi connectivity index (χ2n) is 5.92. The van der Waals surface area contributed by atoms with Crippen LogP contribution in [0.3, 0.4) is 0 Å². The molecule has 1 saturated heterocycles. The van der Waals surface area contributed by atoms with Gasteiger partial charge in [-0.1, -0.05) is 25.4 Å². The first-order valence-corrected chi connectivity index (χ1v) is 7.39. The maximum absolute atomic E-state index is 12.6. The number of nitrogens with zero attached hydrogens (tertiary/aromatic N) is 3. The van der Waals surface area contributed by atoms with E-state index in [0.29, 0.717) is 16.8 Å². The standard InChI is InChI=1S/C15H22ClN3O/c1-10(2)13-7-11(8-14(16)17-13)15(20)19-6-5-12(9-19)18(3)4/h7-8,10,12H,5-6,9H2,1-4H3. The summed E-state index contributed by atoms with van der Waals surface area (Å²) in [5.74, 6) is 0.314. The second kappa shape index (κ2) is 6.10. The molecule has 1 amide bonds. The van der Waals surface area contributed by atoms with E-state index < -0.39 is 0 Å². The highest BCUT2D eigenvalue weighted by atomic mass is 35.5. The van der Waals surface area contributed by atoms with Gasteiger partial charge in [-0.15, -0.1) is 0 Å². The Labute approximate surface area is 125 Å². The van der Waals surface area contributed by atoms with Gasteiger partial charge in [0.05, 0.1) is 0 Å². The second-order valence-corrected chi connectivity index (χ2v) is 6.30. The molecular formula is C15H22ClN3O. The zero-order valence-corrected chi connectivity index (χ0v) is 13.3. The summed E-state index contributed by atoms with van der Waals surface area (Å²) in [5, 5.41) is 0.392. The molecule has 110 valence electrons.